The molecule has 1 fully saturated rings. The third kappa shape index (κ3) is 3.14. The number of piperidine rings is 1. The molecule has 1 amide bonds. The lowest BCUT2D eigenvalue weighted by atomic mass is 9.70. The SMILES string of the molecule is CC(=O)C1(c2ccccc2)CCN(C(=O)c2ccc(=O)n(C)c2)CC1. The van der Waals surface area contributed by atoms with E-state index in [2.05, 4.69) is 0 Å². The van der Waals surface area contributed by atoms with Crippen molar-refractivity contribution in [1.29, 1.82) is 0 Å². The Balaban J connectivity index is 1.80. The molecule has 5 nitrogen and oxygen atoms in total. The molecule has 1 aliphatic rings. The molecule has 2 heterocycles. The third-order valence-corrected chi connectivity index (χ3v) is 5.24. The van der Waals surface area contributed by atoms with E-state index in [1.165, 1.54) is 10.6 Å². The van der Waals surface area contributed by atoms with Crippen LogP contribution in [0.5, 0.6) is 0 Å². The Morgan fingerprint density at radius 3 is 2.20 bits per heavy atom. The first kappa shape index (κ1) is 17.1. The van der Waals surface area contributed by atoms with Crippen molar-refractivity contribution in [2.24, 2.45) is 7.05 Å². The van der Waals surface area contributed by atoms with Gasteiger partial charge < -0.3 is 9.47 Å². The van der Waals surface area contributed by atoms with Crippen molar-refractivity contribution in [3.63, 3.8) is 0 Å². The third-order valence-electron chi connectivity index (χ3n) is 5.24. The molecule has 1 saturated heterocycles. The molecule has 5 heteroatoms. The zero-order valence-electron chi connectivity index (χ0n) is 14.6. The Labute approximate surface area is 146 Å². The van der Waals surface area contributed by atoms with Gasteiger partial charge in [0.2, 0.25) is 5.56 Å². The molecule has 130 valence electrons. The van der Waals surface area contributed by atoms with Crippen LogP contribution in [0, 0.1) is 0 Å². The second-order valence-electron chi connectivity index (χ2n) is 6.66. The lowest BCUT2D eigenvalue weighted by molar-refractivity contribution is -0.124. The molecule has 0 atom stereocenters. The van der Waals surface area contributed by atoms with E-state index in [0.29, 0.717) is 31.5 Å². The average Bonchev–Trinajstić information content (AvgIpc) is 2.64. The second-order valence-corrected chi connectivity index (χ2v) is 6.66. The first-order valence-corrected chi connectivity index (χ1v) is 8.46. The summed E-state index contributed by atoms with van der Waals surface area (Å²) in [6.45, 7) is 2.68. The van der Waals surface area contributed by atoms with E-state index in [9.17, 15) is 14.4 Å². The van der Waals surface area contributed by atoms with Gasteiger partial charge in [-0.25, -0.2) is 0 Å². The molecule has 0 bridgehead atoms. The van der Waals surface area contributed by atoms with Crippen molar-refractivity contribution in [3.8, 4) is 0 Å². The van der Waals surface area contributed by atoms with Crippen molar-refractivity contribution in [2.45, 2.75) is 25.2 Å². The maximum absolute atomic E-state index is 12.7. The highest BCUT2D eigenvalue weighted by Gasteiger charge is 2.41. The van der Waals surface area contributed by atoms with Gasteiger partial charge in [-0.1, -0.05) is 30.3 Å². The van der Waals surface area contributed by atoms with Crippen LogP contribution in [0.15, 0.2) is 53.5 Å². The normalized spacial score (nSPS) is 16.5. The van der Waals surface area contributed by atoms with E-state index in [0.717, 1.165) is 5.56 Å². The van der Waals surface area contributed by atoms with E-state index < -0.39 is 5.41 Å². The highest BCUT2D eigenvalue weighted by molar-refractivity contribution is 5.94. The van der Waals surface area contributed by atoms with Gasteiger partial charge in [-0.05, 0) is 31.4 Å². The number of amides is 1. The van der Waals surface area contributed by atoms with Crippen molar-refractivity contribution >= 4 is 11.7 Å². The fourth-order valence-corrected chi connectivity index (χ4v) is 3.60. The van der Waals surface area contributed by atoms with E-state index in [1.807, 2.05) is 30.3 Å². The molecule has 0 aliphatic carbocycles. The zero-order valence-corrected chi connectivity index (χ0v) is 14.6. The number of carbonyl (C=O) groups excluding carboxylic acids is 2. The van der Waals surface area contributed by atoms with Gasteiger partial charge in [-0.2, -0.15) is 0 Å². The van der Waals surface area contributed by atoms with E-state index in [4.69, 9.17) is 0 Å². The summed E-state index contributed by atoms with van der Waals surface area (Å²) in [6.07, 6.45) is 2.79. The van der Waals surface area contributed by atoms with Crippen LogP contribution in [0.1, 0.15) is 35.7 Å². The number of likely N-dealkylation sites (tertiary alicyclic amines) is 1. The quantitative estimate of drug-likeness (QED) is 0.861. The number of benzene rings is 1. The summed E-state index contributed by atoms with van der Waals surface area (Å²) < 4.78 is 1.40. The van der Waals surface area contributed by atoms with E-state index >= 15 is 0 Å². The maximum atomic E-state index is 12.7. The molecule has 25 heavy (non-hydrogen) atoms. The van der Waals surface area contributed by atoms with Crippen LogP contribution < -0.4 is 5.56 Å². The second kappa shape index (κ2) is 6.67. The maximum Gasteiger partial charge on any atom is 0.255 e. The minimum absolute atomic E-state index is 0.0965. The van der Waals surface area contributed by atoms with E-state index in [1.54, 1.807) is 31.1 Å². The predicted octanol–water partition coefficient (Wildman–Crippen LogP) is 2.15. The molecule has 1 aromatic carbocycles. The summed E-state index contributed by atoms with van der Waals surface area (Å²) in [5, 5.41) is 0. The van der Waals surface area contributed by atoms with Gasteiger partial charge in [0.05, 0.1) is 11.0 Å². The van der Waals surface area contributed by atoms with Gasteiger partial charge in [-0.3, -0.25) is 14.4 Å². The number of carbonyl (C=O) groups is 2. The lowest BCUT2D eigenvalue weighted by Crippen LogP contribution is -2.48. The first-order chi connectivity index (χ1) is 11.9. The fourth-order valence-electron chi connectivity index (χ4n) is 3.60. The Morgan fingerprint density at radius 2 is 1.64 bits per heavy atom. The van der Waals surface area contributed by atoms with Crippen LogP contribution >= 0.6 is 0 Å². The molecule has 3 rings (SSSR count). The van der Waals surface area contributed by atoms with Crippen molar-refractivity contribution in [3.05, 3.63) is 70.1 Å². The van der Waals surface area contributed by atoms with Crippen LogP contribution in [0.2, 0.25) is 0 Å². The number of aryl methyl sites for hydroxylation is 1. The number of hydrogen-bond donors (Lipinski definition) is 0. The molecule has 0 unspecified atom stereocenters. The van der Waals surface area contributed by atoms with Gasteiger partial charge in [0.25, 0.3) is 5.91 Å². The summed E-state index contributed by atoms with van der Waals surface area (Å²) in [6, 6.07) is 12.8. The number of nitrogens with zero attached hydrogens (tertiary/aromatic N) is 2. The largest absolute Gasteiger partial charge is 0.339 e. The Bertz CT molecular complexity index is 847. The summed E-state index contributed by atoms with van der Waals surface area (Å²) in [4.78, 5) is 38.4. The van der Waals surface area contributed by atoms with Crippen molar-refractivity contribution < 1.29 is 9.59 Å². The van der Waals surface area contributed by atoms with Crippen LogP contribution in [0.25, 0.3) is 0 Å². The Hall–Kier alpha value is -2.69. The summed E-state index contributed by atoms with van der Waals surface area (Å²) >= 11 is 0. The number of rotatable bonds is 3. The average molecular weight is 338 g/mol. The number of ketones is 1. The highest BCUT2D eigenvalue weighted by Crippen LogP contribution is 2.36. The Kier molecular flexibility index (Phi) is 4.57. The van der Waals surface area contributed by atoms with Crippen LogP contribution in [-0.4, -0.2) is 34.2 Å². The van der Waals surface area contributed by atoms with Gasteiger partial charge in [0.15, 0.2) is 0 Å². The molecule has 0 N–H and O–H groups in total. The number of pyridine rings is 1. The predicted molar refractivity (Wildman–Crippen MR) is 95.6 cm³/mol. The molecular formula is C20H22N2O3. The molecule has 0 radical (unpaired) electrons. The van der Waals surface area contributed by atoms with Gasteiger partial charge in [0, 0.05) is 32.4 Å². The summed E-state index contributed by atoms with van der Waals surface area (Å²) in [5.41, 5.74) is 0.866. The van der Waals surface area contributed by atoms with Crippen LogP contribution in [0.4, 0.5) is 0 Å². The van der Waals surface area contributed by atoms with Crippen LogP contribution in [-0.2, 0) is 17.3 Å². The Morgan fingerprint density at radius 1 is 1.00 bits per heavy atom. The molecule has 0 saturated carbocycles. The van der Waals surface area contributed by atoms with Gasteiger partial charge in [0.1, 0.15) is 5.78 Å². The van der Waals surface area contributed by atoms with Gasteiger partial charge >= 0.3 is 0 Å². The minimum Gasteiger partial charge on any atom is -0.339 e. The topological polar surface area (TPSA) is 59.4 Å². The van der Waals surface area contributed by atoms with Crippen molar-refractivity contribution in [1.82, 2.24) is 9.47 Å². The lowest BCUT2D eigenvalue weighted by Gasteiger charge is -2.40. The fraction of sp³-hybridized carbons (Fsp3) is 0.350. The monoisotopic (exact) mass is 338 g/mol. The molecule has 1 aliphatic heterocycles. The number of Topliss-reactive ketones (excluding diaryl/α,β-unsaturated/α-hetero) is 1. The molecule has 0 spiro atoms. The molecule has 1 aromatic heterocycles. The standard InChI is InChI=1S/C20H22N2O3/c1-15(23)20(17-6-4-3-5-7-17)10-12-22(13-11-20)19(25)16-8-9-18(24)21(2)14-16/h3-9,14H,10-13H2,1-2H3. The first-order valence-electron chi connectivity index (χ1n) is 8.46. The van der Waals surface area contributed by atoms with Crippen LogP contribution in [0.3, 0.4) is 0 Å². The van der Waals surface area contributed by atoms with E-state index in [-0.39, 0.29) is 17.2 Å². The summed E-state index contributed by atoms with van der Waals surface area (Å²) in [7, 11) is 1.63. The summed E-state index contributed by atoms with van der Waals surface area (Å²) in [5.74, 6) is 0.0497. The molecule has 2 aromatic rings. The van der Waals surface area contributed by atoms with Gasteiger partial charge in [-0.15, -0.1) is 0 Å². The highest BCUT2D eigenvalue weighted by atomic mass is 16.2. The molecular weight excluding hydrogens is 316 g/mol. The zero-order chi connectivity index (χ0) is 18.0. The number of hydrogen-bond acceptors (Lipinski definition) is 3. The number of aromatic nitrogens is 1. The van der Waals surface area contributed by atoms with Crippen molar-refractivity contribution in [2.75, 3.05) is 13.1 Å². The minimum atomic E-state index is -0.512. The smallest absolute Gasteiger partial charge is 0.255 e.